The van der Waals surface area contributed by atoms with Crippen molar-refractivity contribution >= 4 is 76.5 Å². The molecule has 0 unspecified atom stereocenters. The van der Waals surface area contributed by atoms with Gasteiger partial charge in [0.2, 0.25) is 11.8 Å². The number of likely N-dealkylation sites (tertiary alicyclic amines) is 1. The van der Waals surface area contributed by atoms with Crippen LogP contribution in [0.5, 0.6) is 0 Å². The molecule has 4 aromatic carbocycles. The van der Waals surface area contributed by atoms with Gasteiger partial charge in [-0.1, -0.05) is 93.4 Å². The van der Waals surface area contributed by atoms with Crippen LogP contribution in [0.4, 0.5) is 0 Å². The first-order valence-electron chi connectivity index (χ1n) is 24.2. The number of aliphatic hydroxyl groups excluding tert-OH is 1. The number of ether oxygens (including phenoxy) is 1. The van der Waals surface area contributed by atoms with Gasteiger partial charge in [0.15, 0.2) is 5.52 Å². The molecule has 2 fully saturated rings. The number of carbonyl (C=O) groups excluding carboxylic acids is 2. The van der Waals surface area contributed by atoms with Crippen molar-refractivity contribution in [3.8, 4) is 11.3 Å². The zero-order valence-electron chi connectivity index (χ0n) is 39.8. The van der Waals surface area contributed by atoms with Crippen LogP contribution in [0.15, 0.2) is 111 Å². The highest BCUT2D eigenvalue weighted by molar-refractivity contribution is 9.10. The predicted molar refractivity (Wildman–Crippen MR) is 279 cm³/mol. The quantitative estimate of drug-likeness (QED) is 0.0791. The number of nitrogens with zero attached hydrogens (tertiary/aromatic N) is 8. The minimum atomic E-state index is -1.16. The van der Waals surface area contributed by atoms with Crippen LogP contribution in [0.1, 0.15) is 49.7 Å². The molecule has 2 aliphatic heterocycles. The number of piperazine rings is 1. The number of aromatic nitrogens is 5. The molecule has 0 saturated carbocycles. The lowest BCUT2D eigenvalue weighted by molar-refractivity contribution is -0.136. The van der Waals surface area contributed by atoms with Crippen molar-refractivity contribution in [1.29, 1.82) is 0 Å². The lowest BCUT2D eigenvalue weighted by atomic mass is 9.90. The Balaban J connectivity index is 0.676. The number of rotatable bonds is 18. The molecule has 368 valence electrons. The second kappa shape index (κ2) is 22.0. The molecule has 0 spiro atoms. The van der Waals surface area contributed by atoms with E-state index < -0.39 is 11.7 Å². The van der Waals surface area contributed by atoms with Crippen LogP contribution in [0.2, 0.25) is 0 Å². The number of amides is 2. The van der Waals surface area contributed by atoms with E-state index in [2.05, 4.69) is 92.8 Å². The highest BCUT2D eigenvalue weighted by atomic mass is 79.9. The summed E-state index contributed by atoms with van der Waals surface area (Å²) in [4.78, 5) is 50.7. The zero-order chi connectivity index (χ0) is 48.9. The van der Waals surface area contributed by atoms with Crippen molar-refractivity contribution in [3.63, 3.8) is 0 Å². The number of carbonyl (C=O) groups is 2. The maximum absolute atomic E-state index is 13.7. The lowest BCUT2D eigenvalue weighted by Gasteiger charge is -2.38. The fraction of sp³-hybridized carbons (Fsp3) is 0.415. The van der Waals surface area contributed by atoms with Gasteiger partial charge in [0.1, 0.15) is 5.52 Å². The van der Waals surface area contributed by atoms with Crippen LogP contribution in [-0.4, -0.2) is 138 Å². The minimum Gasteiger partial charge on any atom is -0.390 e. The van der Waals surface area contributed by atoms with Gasteiger partial charge in [0, 0.05) is 115 Å². The molecule has 70 heavy (non-hydrogen) atoms. The molecule has 2 amide bonds. The van der Waals surface area contributed by atoms with Crippen LogP contribution in [0.25, 0.3) is 44.1 Å². The summed E-state index contributed by atoms with van der Waals surface area (Å²) in [5.74, 6) is 0.0753. The van der Waals surface area contributed by atoms with E-state index in [1.165, 1.54) is 10.9 Å². The Labute approximate surface area is 424 Å². The molecule has 3 N–H and O–H groups in total. The first-order chi connectivity index (χ1) is 33.8. The van der Waals surface area contributed by atoms with Crippen LogP contribution in [0.3, 0.4) is 0 Å². The molecule has 15 nitrogen and oxygen atoms in total. The molecule has 0 bridgehead atoms. The maximum atomic E-state index is 13.7. The van der Waals surface area contributed by atoms with Crippen molar-refractivity contribution < 1.29 is 24.5 Å². The van der Waals surface area contributed by atoms with E-state index in [1.54, 1.807) is 11.7 Å². The number of aryl methyl sites for hydroxylation is 1. The van der Waals surface area contributed by atoms with Crippen molar-refractivity contribution in [2.75, 3.05) is 65.6 Å². The van der Waals surface area contributed by atoms with Gasteiger partial charge in [0.05, 0.1) is 50.0 Å². The summed E-state index contributed by atoms with van der Waals surface area (Å²) in [5.41, 5.74) is 4.98. The number of aliphatic hydroxyl groups is 2. The molecule has 3 aromatic heterocycles. The van der Waals surface area contributed by atoms with Crippen molar-refractivity contribution in [3.05, 3.63) is 128 Å². The number of piperidine rings is 1. The van der Waals surface area contributed by atoms with Crippen LogP contribution in [0, 0.1) is 0 Å². The largest absolute Gasteiger partial charge is 0.390 e. The third kappa shape index (κ3) is 11.6. The van der Waals surface area contributed by atoms with E-state index >= 15 is 0 Å². The summed E-state index contributed by atoms with van der Waals surface area (Å²) in [6, 6.07) is 30.3. The lowest BCUT2D eigenvalue weighted by Crippen LogP contribution is -2.49. The van der Waals surface area contributed by atoms with Crippen LogP contribution in [-0.2, 0) is 41.0 Å². The highest BCUT2D eigenvalue weighted by Crippen LogP contribution is 2.34. The normalized spacial score (nSPS) is 16.6. The van der Waals surface area contributed by atoms with Gasteiger partial charge in [-0.05, 0) is 66.3 Å². The fourth-order valence-electron chi connectivity index (χ4n) is 10.0. The van der Waals surface area contributed by atoms with Gasteiger partial charge in [-0.2, -0.15) is 5.10 Å². The number of halogens is 2. The van der Waals surface area contributed by atoms with E-state index in [0.29, 0.717) is 76.4 Å². The van der Waals surface area contributed by atoms with Gasteiger partial charge in [0.25, 0.3) is 5.56 Å². The van der Waals surface area contributed by atoms with Crippen LogP contribution < -0.4 is 10.9 Å². The molecule has 2 aliphatic rings. The molecule has 7 aromatic rings. The van der Waals surface area contributed by atoms with E-state index in [-0.39, 0.29) is 41.8 Å². The summed E-state index contributed by atoms with van der Waals surface area (Å²) in [7, 11) is 1.78. The third-order valence-electron chi connectivity index (χ3n) is 14.0. The van der Waals surface area contributed by atoms with Crippen molar-refractivity contribution in [1.82, 2.24) is 43.9 Å². The first-order valence-corrected chi connectivity index (χ1v) is 25.8. The first kappa shape index (κ1) is 49.7. The van der Waals surface area contributed by atoms with Crippen molar-refractivity contribution in [2.24, 2.45) is 7.05 Å². The third-order valence-corrected chi connectivity index (χ3v) is 15.0. The summed E-state index contributed by atoms with van der Waals surface area (Å²) in [6.45, 7) is 9.65. The summed E-state index contributed by atoms with van der Waals surface area (Å²) >= 11 is 7.23. The SMILES string of the molecule is C[C@H](CC(=O)N1CCC(O)(Cn2cnc3c(-c4ccc(CNC(=O)CCOCCN5CCN(C[C@@H](O)Cn6c7ccc(Br)cc7c7cc(Br)ccc76)CC5)cc4)n(C)nc3c2=O)CC1)c1ccccc1. The Morgan fingerprint density at radius 3 is 2.16 bits per heavy atom. The molecule has 2 atom stereocenters. The molecule has 9 rings (SSSR count). The summed E-state index contributed by atoms with van der Waals surface area (Å²) in [5, 5.41) is 32.6. The van der Waals surface area contributed by atoms with Gasteiger partial charge >= 0.3 is 0 Å². The Morgan fingerprint density at radius 2 is 1.49 bits per heavy atom. The Hall–Kier alpha value is -5.27. The smallest absolute Gasteiger partial charge is 0.281 e. The molecular weight excluding hydrogens is 1020 g/mol. The Bertz CT molecular complexity index is 2950. The molecule has 0 aliphatic carbocycles. The second-order valence-corrected chi connectivity index (χ2v) is 20.9. The maximum Gasteiger partial charge on any atom is 0.281 e. The Kier molecular flexibility index (Phi) is 15.6. The molecule has 17 heteroatoms. The molecular formula is C53H61Br2N9O6. The Morgan fingerprint density at radius 1 is 0.829 bits per heavy atom. The average molecular weight is 1080 g/mol. The predicted octanol–water partition coefficient (Wildman–Crippen LogP) is 6.68. The number of nitrogens with one attached hydrogen (secondary N) is 1. The van der Waals surface area contributed by atoms with Gasteiger partial charge in [-0.25, -0.2) is 4.98 Å². The molecule has 0 radical (unpaired) electrons. The minimum absolute atomic E-state index is 0.0615. The van der Waals surface area contributed by atoms with E-state index in [9.17, 15) is 24.6 Å². The average Bonchev–Trinajstić information content (AvgIpc) is 3.85. The highest BCUT2D eigenvalue weighted by Gasteiger charge is 2.35. The second-order valence-electron chi connectivity index (χ2n) is 19.0. The number of β-amino-alcohol motifs (C(OH)–C–C–N with tert-alkyl or cyclic N) is 1. The summed E-state index contributed by atoms with van der Waals surface area (Å²) in [6.07, 6.45) is 2.35. The number of benzene rings is 4. The number of hydrogen-bond donors (Lipinski definition) is 3. The topological polar surface area (TPSA) is 163 Å². The standard InChI is InChI=1S/C53H61Br2N9O6/c1-36(38-6-4-3-5-7-38)28-48(67)62-19-17-53(69,18-20-62)34-63-35-57-49-50(52(63)68)58-59(2)51(49)39-10-8-37(9-11-39)31-56-47(66)16-26-70-27-25-60-21-23-61(24-22-60)32-42(65)33-64-45-14-12-40(54)29-43(45)44-30-41(55)13-15-46(44)64/h3-15,29-30,35-36,42,65,69H,16-28,31-34H2,1-2H3,(H,56,66)/t36-,42-/m1/s1. The van der Waals surface area contributed by atoms with E-state index in [1.807, 2.05) is 71.6 Å². The zero-order valence-corrected chi connectivity index (χ0v) is 42.9. The van der Waals surface area contributed by atoms with Gasteiger partial charge in [-0.3, -0.25) is 33.4 Å². The van der Waals surface area contributed by atoms with Gasteiger partial charge in [-0.15, -0.1) is 0 Å². The number of fused-ring (bicyclic) bond motifs is 4. The number of hydrogen-bond acceptors (Lipinski definition) is 10. The van der Waals surface area contributed by atoms with Crippen molar-refractivity contribution in [2.45, 2.75) is 69.9 Å². The fourth-order valence-corrected chi connectivity index (χ4v) is 10.7. The van der Waals surface area contributed by atoms with Gasteiger partial charge < -0.3 is 29.7 Å². The monoisotopic (exact) mass is 1080 g/mol. The van der Waals surface area contributed by atoms with Crippen LogP contribution >= 0.6 is 31.9 Å². The molecule has 5 heterocycles. The van der Waals surface area contributed by atoms with E-state index in [4.69, 9.17) is 4.74 Å². The van der Waals surface area contributed by atoms with E-state index in [0.717, 1.165) is 80.2 Å². The summed E-state index contributed by atoms with van der Waals surface area (Å²) < 4.78 is 13.2. The molecule has 2 saturated heterocycles.